The maximum atomic E-state index is 12.0. The second-order valence-corrected chi connectivity index (χ2v) is 4.77. The number of hydrogen-bond donors (Lipinski definition) is 1. The lowest BCUT2D eigenvalue weighted by molar-refractivity contribution is 0.0525. The number of nitrogens with one attached hydrogen (secondary N) is 1. The fourth-order valence-corrected chi connectivity index (χ4v) is 2.26. The fraction of sp³-hybridized carbons (Fsp3) is 0.235. The van der Waals surface area contributed by atoms with E-state index in [4.69, 9.17) is 4.74 Å². The SMILES string of the molecule is CCOC(=O)c1c(C)[nH]c(C=C(C#N)c2ccccn2)c1C. The highest BCUT2D eigenvalue weighted by Crippen LogP contribution is 2.23. The lowest BCUT2D eigenvalue weighted by Crippen LogP contribution is -2.06. The molecule has 0 aliphatic heterocycles. The summed E-state index contributed by atoms with van der Waals surface area (Å²) in [5.74, 6) is -0.357. The van der Waals surface area contributed by atoms with Crippen molar-refractivity contribution in [3.63, 3.8) is 0 Å². The van der Waals surface area contributed by atoms with Crippen molar-refractivity contribution in [2.24, 2.45) is 0 Å². The minimum absolute atomic E-state index is 0.325. The van der Waals surface area contributed by atoms with E-state index in [2.05, 4.69) is 16.0 Å². The molecule has 0 unspecified atom stereocenters. The Morgan fingerprint density at radius 2 is 2.23 bits per heavy atom. The Hall–Kier alpha value is -2.87. The fourth-order valence-electron chi connectivity index (χ4n) is 2.26. The zero-order chi connectivity index (χ0) is 16.1. The van der Waals surface area contributed by atoms with Gasteiger partial charge in [0.05, 0.1) is 23.4 Å². The number of aromatic amines is 1. The predicted molar refractivity (Wildman–Crippen MR) is 83.9 cm³/mol. The number of H-pyrrole nitrogens is 1. The third-order valence-electron chi connectivity index (χ3n) is 3.31. The van der Waals surface area contributed by atoms with E-state index in [1.807, 2.05) is 19.9 Å². The maximum Gasteiger partial charge on any atom is 0.340 e. The summed E-state index contributed by atoms with van der Waals surface area (Å²) in [6, 6.07) is 7.53. The van der Waals surface area contributed by atoms with Crippen LogP contribution in [0.25, 0.3) is 11.6 Å². The first-order chi connectivity index (χ1) is 10.6. The van der Waals surface area contributed by atoms with Crippen LogP contribution in [0.2, 0.25) is 0 Å². The molecule has 0 amide bonds. The third-order valence-corrected chi connectivity index (χ3v) is 3.31. The standard InChI is InChI=1S/C17H17N3O2/c1-4-22-17(21)16-11(2)15(20-12(16)3)9-13(10-18)14-7-5-6-8-19-14/h5-9,20H,4H2,1-3H3. The Morgan fingerprint density at radius 1 is 1.45 bits per heavy atom. The number of pyridine rings is 1. The molecule has 2 heterocycles. The monoisotopic (exact) mass is 295 g/mol. The van der Waals surface area contributed by atoms with Crippen molar-refractivity contribution in [1.29, 1.82) is 5.26 Å². The van der Waals surface area contributed by atoms with Gasteiger partial charge in [0.25, 0.3) is 0 Å². The third kappa shape index (κ3) is 3.07. The topological polar surface area (TPSA) is 78.8 Å². The van der Waals surface area contributed by atoms with Crippen LogP contribution in [0.15, 0.2) is 24.4 Å². The summed E-state index contributed by atoms with van der Waals surface area (Å²) < 4.78 is 5.06. The minimum atomic E-state index is -0.357. The van der Waals surface area contributed by atoms with Gasteiger partial charge in [-0.15, -0.1) is 0 Å². The van der Waals surface area contributed by atoms with Crippen molar-refractivity contribution < 1.29 is 9.53 Å². The number of esters is 1. The van der Waals surface area contributed by atoms with Crippen LogP contribution >= 0.6 is 0 Å². The van der Waals surface area contributed by atoms with Crippen molar-refractivity contribution >= 4 is 17.6 Å². The number of aryl methyl sites for hydroxylation is 1. The van der Waals surface area contributed by atoms with E-state index in [1.54, 1.807) is 31.3 Å². The molecule has 1 N–H and O–H groups in total. The Morgan fingerprint density at radius 3 is 2.82 bits per heavy atom. The highest BCUT2D eigenvalue weighted by atomic mass is 16.5. The zero-order valence-electron chi connectivity index (χ0n) is 12.8. The lowest BCUT2D eigenvalue weighted by atomic mass is 10.1. The van der Waals surface area contributed by atoms with Gasteiger partial charge in [-0.25, -0.2) is 4.79 Å². The highest BCUT2D eigenvalue weighted by Gasteiger charge is 2.18. The summed E-state index contributed by atoms with van der Waals surface area (Å²) in [5, 5.41) is 9.34. The summed E-state index contributed by atoms with van der Waals surface area (Å²) >= 11 is 0. The van der Waals surface area contributed by atoms with E-state index >= 15 is 0 Å². The number of nitriles is 1. The van der Waals surface area contributed by atoms with E-state index in [1.165, 1.54) is 0 Å². The average Bonchev–Trinajstić information content (AvgIpc) is 2.80. The molecule has 0 spiro atoms. The molecule has 0 radical (unpaired) electrons. The van der Waals surface area contributed by atoms with Crippen LogP contribution in [0.1, 0.15) is 39.9 Å². The molecule has 2 rings (SSSR count). The number of ether oxygens (including phenoxy) is 1. The molecule has 22 heavy (non-hydrogen) atoms. The Bertz CT molecular complexity index is 752. The van der Waals surface area contributed by atoms with Gasteiger partial charge in [0.2, 0.25) is 0 Å². The summed E-state index contributed by atoms with van der Waals surface area (Å²) in [5.41, 5.74) is 3.74. The Balaban J connectivity index is 2.46. The number of carbonyl (C=O) groups excluding carboxylic acids is 1. The first kappa shape index (κ1) is 15.5. The van der Waals surface area contributed by atoms with Gasteiger partial charge in [-0.05, 0) is 44.5 Å². The van der Waals surface area contributed by atoms with Gasteiger partial charge in [0.15, 0.2) is 0 Å². The van der Waals surface area contributed by atoms with Crippen LogP contribution in [0.3, 0.4) is 0 Å². The van der Waals surface area contributed by atoms with Crippen LogP contribution in [0, 0.1) is 25.2 Å². The average molecular weight is 295 g/mol. The normalized spacial score (nSPS) is 11.1. The van der Waals surface area contributed by atoms with Gasteiger partial charge in [0.1, 0.15) is 6.07 Å². The maximum absolute atomic E-state index is 12.0. The molecule has 112 valence electrons. The molecule has 2 aromatic rings. The molecule has 0 saturated carbocycles. The molecule has 0 saturated heterocycles. The van der Waals surface area contributed by atoms with Crippen LogP contribution in [-0.4, -0.2) is 22.5 Å². The van der Waals surface area contributed by atoms with Crippen LogP contribution < -0.4 is 0 Å². The summed E-state index contributed by atoms with van der Waals surface area (Å²) in [7, 11) is 0. The van der Waals surface area contributed by atoms with Crippen molar-refractivity contribution in [3.8, 4) is 6.07 Å². The summed E-state index contributed by atoms with van der Waals surface area (Å²) in [4.78, 5) is 19.3. The van der Waals surface area contributed by atoms with Gasteiger partial charge in [0, 0.05) is 17.6 Å². The summed E-state index contributed by atoms with van der Waals surface area (Å²) in [6.07, 6.45) is 3.34. The molecule has 0 aromatic carbocycles. The molecule has 0 aliphatic rings. The van der Waals surface area contributed by atoms with Gasteiger partial charge in [-0.1, -0.05) is 6.07 Å². The second kappa shape index (κ2) is 6.72. The molecule has 0 aliphatic carbocycles. The minimum Gasteiger partial charge on any atom is -0.462 e. The van der Waals surface area contributed by atoms with Crippen molar-refractivity contribution in [1.82, 2.24) is 9.97 Å². The smallest absolute Gasteiger partial charge is 0.340 e. The van der Waals surface area contributed by atoms with Crippen molar-refractivity contribution in [2.75, 3.05) is 6.61 Å². The molecule has 2 aromatic heterocycles. The van der Waals surface area contributed by atoms with E-state index < -0.39 is 0 Å². The molecule has 0 bridgehead atoms. The van der Waals surface area contributed by atoms with Gasteiger partial charge < -0.3 is 9.72 Å². The van der Waals surface area contributed by atoms with Crippen molar-refractivity contribution in [3.05, 3.63) is 52.6 Å². The Labute approximate surface area is 129 Å². The number of allylic oxidation sites excluding steroid dienone is 1. The molecular weight excluding hydrogens is 278 g/mol. The second-order valence-electron chi connectivity index (χ2n) is 4.77. The first-order valence-electron chi connectivity index (χ1n) is 6.98. The van der Waals surface area contributed by atoms with Gasteiger partial charge >= 0.3 is 5.97 Å². The number of rotatable bonds is 4. The van der Waals surface area contributed by atoms with E-state index in [9.17, 15) is 10.1 Å². The van der Waals surface area contributed by atoms with E-state index in [0.717, 1.165) is 11.3 Å². The molecule has 5 nitrogen and oxygen atoms in total. The van der Waals surface area contributed by atoms with Gasteiger partial charge in [-0.2, -0.15) is 5.26 Å². The van der Waals surface area contributed by atoms with Crippen molar-refractivity contribution in [2.45, 2.75) is 20.8 Å². The van der Waals surface area contributed by atoms with E-state index in [0.29, 0.717) is 29.1 Å². The predicted octanol–water partition coefficient (Wildman–Crippen LogP) is 3.27. The number of hydrogen-bond acceptors (Lipinski definition) is 4. The molecule has 0 atom stereocenters. The first-order valence-corrected chi connectivity index (χ1v) is 6.98. The number of carbonyl (C=O) groups is 1. The van der Waals surface area contributed by atoms with E-state index in [-0.39, 0.29) is 5.97 Å². The molecule has 5 heteroatoms. The van der Waals surface area contributed by atoms with Crippen LogP contribution in [-0.2, 0) is 4.74 Å². The van der Waals surface area contributed by atoms with Crippen LogP contribution in [0.5, 0.6) is 0 Å². The number of nitrogens with zero attached hydrogens (tertiary/aromatic N) is 2. The number of aromatic nitrogens is 2. The molecular formula is C17H17N3O2. The largest absolute Gasteiger partial charge is 0.462 e. The quantitative estimate of drug-likeness (QED) is 0.693. The van der Waals surface area contributed by atoms with Gasteiger partial charge in [-0.3, -0.25) is 4.98 Å². The molecule has 0 fully saturated rings. The zero-order valence-corrected chi connectivity index (χ0v) is 12.8. The lowest BCUT2D eigenvalue weighted by Gasteiger charge is -2.02. The summed E-state index contributed by atoms with van der Waals surface area (Å²) in [6.45, 7) is 5.73. The Kier molecular flexibility index (Phi) is 4.74. The highest BCUT2D eigenvalue weighted by molar-refractivity contribution is 5.95. The van der Waals surface area contributed by atoms with Crippen LogP contribution in [0.4, 0.5) is 0 Å².